The molecule has 1 aromatic heterocycles. The van der Waals surface area contributed by atoms with Gasteiger partial charge in [0.25, 0.3) is 0 Å². The zero-order valence-corrected chi connectivity index (χ0v) is 16.8. The number of aromatic hydroxyl groups is 1. The Morgan fingerprint density at radius 3 is 2.77 bits per heavy atom. The van der Waals surface area contributed by atoms with Crippen molar-refractivity contribution >= 4 is 5.91 Å². The number of phenols is 1. The number of benzene rings is 1. The van der Waals surface area contributed by atoms with Crippen LogP contribution in [0.5, 0.6) is 5.75 Å². The molecule has 3 unspecified atom stereocenters. The van der Waals surface area contributed by atoms with Crippen molar-refractivity contribution in [1.29, 1.82) is 0 Å². The van der Waals surface area contributed by atoms with Crippen molar-refractivity contribution in [2.45, 2.75) is 44.3 Å². The lowest BCUT2D eigenvalue weighted by molar-refractivity contribution is -0.119. The van der Waals surface area contributed by atoms with Gasteiger partial charge in [0.05, 0.1) is 5.92 Å². The molecular formula is C21H26N6O3. The lowest BCUT2D eigenvalue weighted by Gasteiger charge is -2.38. The van der Waals surface area contributed by atoms with Crippen LogP contribution in [0, 0.1) is 5.92 Å². The maximum atomic E-state index is 12.5. The lowest BCUT2D eigenvalue weighted by Crippen LogP contribution is -2.54. The number of hydrazine groups is 1. The van der Waals surface area contributed by atoms with Crippen LogP contribution < -0.4 is 16.1 Å². The number of nitrogens with one attached hydrogen (secondary N) is 3. The minimum absolute atomic E-state index is 0.0282. The molecule has 4 N–H and O–H groups in total. The Kier molecular flexibility index (Phi) is 4.92. The second-order valence-electron chi connectivity index (χ2n) is 8.25. The normalized spacial score (nSPS) is 27.0. The Bertz CT molecular complexity index is 950. The summed E-state index contributed by atoms with van der Waals surface area (Å²) in [5.74, 6) is 1.45. The van der Waals surface area contributed by atoms with E-state index in [-0.39, 0.29) is 29.8 Å². The summed E-state index contributed by atoms with van der Waals surface area (Å²) in [6.07, 6.45) is 4.00. The van der Waals surface area contributed by atoms with E-state index in [4.69, 9.17) is 4.52 Å². The lowest BCUT2D eigenvalue weighted by atomic mass is 9.91. The zero-order valence-electron chi connectivity index (χ0n) is 16.8. The molecule has 0 saturated carbocycles. The second-order valence-corrected chi connectivity index (χ2v) is 8.25. The molecule has 3 aliphatic heterocycles. The highest BCUT2D eigenvalue weighted by atomic mass is 16.5. The van der Waals surface area contributed by atoms with Crippen molar-refractivity contribution in [1.82, 2.24) is 31.2 Å². The Morgan fingerprint density at radius 2 is 2.00 bits per heavy atom. The number of hydrogen-bond donors (Lipinski definition) is 4. The van der Waals surface area contributed by atoms with Crippen molar-refractivity contribution in [3.8, 4) is 5.75 Å². The maximum absolute atomic E-state index is 12.5. The first kappa shape index (κ1) is 19.1. The molecule has 9 heteroatoms. The number of allylic oxidation sites excluding steroid dienone is 1. The molecule has 2 fully saturated rings. The van der Waals surface area contributed by atoms with E-state index in [0.717, 1.165) is 37.2 Å². The van der Waals surface area contributed by atoms with Gasteiger partial charge in [0.1, 0.15) is 11.9 Å². The van der Waals surface area contributed by atoms with Crippen molar-refractivity contribution in [2.24, 2.45) is 5.92 Å². The average Bonchev–Trinajstić information content (AvgIpc) is 3.33. The predicted octanol–water partition coefficient (Wildman–Crippen LogP) is 0.998. The largest absolute Gasteiger partial charge is 0.508 e. The summed E-state index contributed by atoms with van der Waals surface area (Å²) in [7, 11) is 0. The summed E-state index contributed by atoms with van der Waals surface area (Å²) >= 11 is 0. The van der Waals surface area contributed by atoms with Crippen molar-refractivity contribution in [3.63, 3.8) is 0 Å². The van der Waals surface area contributed by atoms with Gasteiger partial charge in [-0.05, 0) is 50.6 Å². The average molecular weight is 410 g/mol. The van der Waals surface area contributed by atoms with Gasteiger partial charge in [-0.1, -0.05) is 17.3 Å². The molecule has 30 heavy (non-hydrogen) atoms. The minimum atomic E-state index is -0.260. The molecule has 158 valence electrons. The van der Waals surface area contributed by atoms with Crippen LogP contribution in [0.15, 0.2) is 40.6 Å². The quantitative estimate of drug-likeness (QED) is 0.590. The number of carbonyl (C=O) groups excluding carboxylic acids is 1. The van der Waals surface area contributed by atoms with Crippen molar-refractivity contribution in [3.05, 3.63) is 53.3 Å². The number of fused-ring (bicyclic) bond motifs is 1. The number of phenolic OH excluding ortho intramolecular Hbond substituents is 1. The van der Waals surface area contributed by atoms with E-state index in [1.54, 1.807) is 18.2 Å². The summed E-state index contributed by atoms with van der Waals surface area (Å²) in [6.45, 7) is 4.00. The number of amides is 1. The summed E-state index contributed by atoms with van der Waals surface area (Å²) < 4.78 is 5.62. The third kappa shape index (κ3) is 3.54. The molecule has 0 aliphatic carbocycles. The first-order chi connectivity index (χ1) is 14.6. The third-order valence-corrected chi connectivity index (χ3v) is 6.17. The molecule has 4 heterocycles. The molecule has 3 aliphatic rings. The van der Waals surface area contributed by atoms with Gasteiger partial charge in [0, 0.05) is 30.2 Å². The molecule has 2 aromatic rings. The SMILES string of the molecule is CC1NN2C(C3CCNCC3)=CC(=O)NC2C1c1nc(Cc2ccc(O)cc2)no1. The molecule has 5 rings (SSSR count). The van der Waals surface area contributed by atoms with Gasteiger partial charge in [-0.3, -0.25) is 9.80 Å². The first-order valence-electron chi connectivity index (χ1n) is 10.5. The van der Waals surface area contributed by atoms with Gasteiger partial charge >= 0.3 is 0 Å². The summed E-state index contributed by atoms with van der Waals surface area (Å²) in [5, 5.41) is 22.1. The Balaban J connectivity index is 1.36. The molecule has 0 radical (unpaired) electrons. The summed E-state index contributed by atoms with van der Waals surface area (Å²) in [6, 6.07) is 6.99. The van der Waals surface area contributed by atoms with Crippen LogP contribution in [0.2, 0.25) is 0 Å². The first-order valence-corrected chi connectivity index (χ1v) is 10.5. The van der Waals surface area contributed by atoms with Gasteiger partial charge in [-0.25, -0.2) is 5.43 Å². The number of nitrogens with zero attached hydrogens (tertiary/aromatic N) is 3. The summed E-state index contributed by atoms with van der Waals surface area (Å²) in [5.41, 5.74) is 5.54. The number of hydrogen-bond acceptors (Lipinski definition) is 8. The smallest absolute Gasteiger partial charge is 0.247 e. The van der Waals surface area contributed by atoms with Crippen LogP contribution in [0.25, 0.3) is 0 Å². The van der Waals surface area contributed by atoms with Crippen LogP contribution in [0.3, 0.4) is 0 Å². The van der Waals surface area contributed by atoms with Gasteiger partial charge in [0.15, 0.2) is 5.82 Å². The van der Waals surface area contributed by atoms with Gasteiger partial charge in [-0.15, -0.1) is 0 Å². The van der Waals surface area contributed by atoms with E-state index in [9.17, 15) is 9.90 Å². The van der Waals surface area contributed by atoms with E-state index >= 15 is 0 Å². The topological polar surface area (TPSA) is 116 Å². The number of aromatic nitrogens is 2. The summed E-state index contributed by atoms with van der Waals surface area (Å²) in [4.78, 5) is 17.1. The van der Waals surface area contributed by atoms with E-state index in [2.05, 4.69) is 38.1 Å². The molecular weight excluding hydrogens is 384 g/mol. The van der Waals surface area contributed by atoms with Gasteiger partial charge in [0.2, 0.25) is 11.8 Å². The van der Waals surface area contributed by atoms with Crippen LogP contribution in [-0.2, 0) is 11.2 Å². The highest BCUT2D eigenvalue weighted by Crippen LogP contribution is 2.37. The van der Waals surface area contributed by atoms with E-state index in [1.807, 2.05) is 12.1 Å². The fourth-order valence-electron chi connectivity index (χ4n) is 4.65. The van der Waals surface area contributed by atoms with Gasteiger partial charge in [-0.2, -0.15) is 4.98 Å². The molecule has 9 nitrogen and oxygen atoms in total. The van der Waals surface area contributed by atoms with Gasteiger partial charge < -0.3 is 20.3 Å². The fraction of sp³-hybridized carbons (Fsp3) is 0.476. The van der Waals surface area contributed by atoms with Crippen molar-refractivity contribution in [2.75, 3.05) is 13.1 Å². The highest BCUT2D eigenvalue weighted by molar-refractivity contribution is 5.89. The standard InChI is InChI=1S/C21H26N6O3/c1-12-19(21-23-17(26-30-21)10-13-2-4-15(28)5-3-13)20-24-18(29)11-16(27(20)25-12)14-6-8-22-9-7-14/h2-5,11-12,14,19-20,22,25,28H,6-10H2,1H3,(H,24,29). The van der Waals surface area contributed by atoms with Crippen LogP contribution in [0.4, 0.5) is 0 Å². The Morgan fingerprint density at radius 1 is 1.23 bits per heavy atom. The highest BCUT2D eigenvalue weighted by Gasteiger charge is 2.48. The van der Waals surface area contributed by atoms with Crippen LogP contribution in [0.1, 0.15) is 43.0 Å². The molecule has 0 bridgehead atoms. The maximum Gasteiger partial charge on any atom is 0.247 e. The Hall–Kier alpha value is -2.91. The molecule has 0 spiro atoms. The number of piperidine rings is 1. The fourth-order valence-corrected chi connectivity index (χ4v) is 4.65. The molecule has 1 amide bonds. The molecule has 3 atom stereocenters. The van der Waals surface area contributed by atoms with Crippen LogP contribution >= 0.6 is 0 Å². The molecule has 2 saturated heterocycles. The minimum Gasteiger partial charge on any atom is -0.508 e. The van der Waals surface area contributed by atoms with E-state index in [0.29, 0.717) is 24.1 Å². The van der Waals surface area contributed by atoms with E-state index < -0.39 is 0 Å². The Labute approximate surface area is 174 Å². The third-order valence-electron chi connectivity index (χ3n) is 6.17. The molecule has 1 aromatic carbocycles. The van der Waals surface area contributed by atoms with E-state index in [1.165, 1.54) is 0 Å². The predicted molar refractivity (Wildman–Crippen MR) is 108 cm³/mol. The van der Waals surface area contributed by atoms with Crippen molar-refractivity contribution < 1.29 is 14.4 Å². The zero-order chi connectivity index (χ0) is 20.7. The number of rotatable bonds is 4. The number of carbonyl (C=O) groups is 1. The second kappa shape index (κ2) is 7.73. The monoisotopic (exact) mass is 410 g/mol. The van der Waals surface area contributed by atoms with Crippen LogP contribution in [-0.4, -0.2) is 51.5 Å².